The fraction of sp³-hybridized carbons (Fsp3) is 0.562. The molecule has 2 aromatic heterocycles. The van der Waals surface area contributed by atoms with E-state index in [9.17, 15) is 0 Å². The van der Waals surface area contributed by atoms with E-state index >= 15 is 0 Å². The Labute approximate surface area is 124 Å². The van der Waals surface area contributed by atoms with Crippen LogP contribution in [0.5, 0.6) is 0 Å². The molecule has 0 aromatic carbocycles. The smallest absolute Gasteiger partial charge is 0.106 e. The highest BCUT2D eigenvalue weighted by Crippen LogP contribution is 2.34. The molecule has 2 aromatic rings. The lowest BCUT2D eigenvalue weighted by molar-refractivity contribution is 0.470. The van der Waals surface area contributed by atoms with Gasteiger partial charge in [-0.2, -0.15) is 0 Å². The molecule has 3 nitrogen and oxygen atoms in total. The molecular formula is C16H23N3S. The molecule has 0 bridgehead atoms. The Bertz CT molecular complexity index is 609. The molecule has 0 spiro atoms. The highest BCUT2D eigenvalue weighted by molar-refractivity contribution is 7.10. The molecule has 1 aliphatic carbocycles. The SMILES string of the molecule is Cc1ccsc1C(C(C)N)n1c(C)nc2c1CCCC2. The van der Waals surface area contributed by atoms with Crippen LogP contribution in [0.3, 0.4) is 0 Å². The Morgan fingerprint density at radius 1 is 1.30 bits per heavy atom. The van der Waals surface area contributed by atoms with Gasteiger partial charge in [-0.3, -0.25) is 0 Å². The number of hydrogen-bond donors (Lipinski definition) is 1. The van der Waals surface area contributed by atoms with Gasteiger partial charge in [0.1, 0.15) is 5.82 Å². The van der Waals surface area contributed by atoms with Crippen LogP contribution < -0.4 is 5.73 Å². The zero-order valence-corrected chi connectivity index (χ0v) is 13.3. The minimum atomic E-state index is 0.0891. The van der Waals surface area contributed by atoms with Crippen molar-refractivity contribution in [3.63, 3.8) is 0 Å². The summed E-state index contributed by atoms with van der Waals surface area (Å²) in [4.78, 5) is 6.19. The van der Waals surface area contributed by atoms with E-state index in [2.05, 4.69) is 36.8 Å². The monoisotopic (exact) mass is 289 g/mol. The Kier molecular flexibility index (Phi) is 3.69. The van der Waals surface area contributed by atoms with Crippen molar-refractivity contribution in [2.75, 3.05) is 0 Å². The molecule has 2 atom stereocenters. The Morgan fingerprint density at radius 3 is 2.70 bits per heavy atom. The largest absolute Gasteiger partial charge is 0.326 e. The van der Waals surface area contributed by atoms with Crippen LogP contribution in [0.15, 0.2) is 11.4 Å². The van der Waals surface area contributed by atoms with Crippen LogP contribution in [0, 0.1) is 13.8 Å². The number of nitrogens with two attached hydrogens (primary N) is 1. The molecule has 0 saturated heterocycles. The standard InChI is InChI=1S/C16H23N3S/c1-10-8-9-20-16(10)15(11(2)17)19-12(3)18-13-6-4-5-7-14(13)19/h8-9,11,15H,4-7,17H2,1-3H3. The minimum absolute atomic E-state index is 0.0891. The van der Waals surface area contributed by atoms with Gasteiger partial charge in [0.25, 0.3) is 0 Å². The average molecular weight is 289 g/mol. The predicted molar refractivity (Wildman–Crippen MR) is 84.5 cm³/mol. The number of hydrogen-bond acceptors (Lipinski definition) is 3. The maximum Gasteiger partial charge on any atom is 0.106 e. The molecule has 2 unspecified atom stereocenters. The van der Waals surface area contributed by atoms with Crippen LogP contribution in [0.4, 0.5) is 0 Å². The van der Waals surface area contributed by atoms with Crippen molar-refractivity contribution >= 4 is 11.3 Å². The summed E-state index contributed by atoms with van der Waals surface area (Å²) in [6, 6.07) is 2.50. The highest BCUT2D eigenvalue weighted by atomic mass is 32.1. The van der Waals surface area contributed by atoms with E-state index in [1.807, 2.05) is 11.3 Å². The summed E-state index contributed by atoms with van der Waals surface area (Å²) in [6.45, 7) is 6.41. The Morgan fingerprint density at radius 2 is 2.05 bits per heavy atom. The summed E-state index contributed by atoms with van der Waals surface area (Å²) in [7, 11) is 0. The zero-order chi connectivity index (χ0) is 14.3. The lowest BCUT2D eigenvalue weighted by Gasteiger charge is -2.27. The molecule has 0 radical (unpaired) electrons. The molecule has 0 fully saturated rings. The van der Waals surface area contributed by atoms with Gasteiger partial charge in [0.2, 0.25) is 0 Å². The lowest BCUT2D eigenvalue weighted by atomic mass is 9.99. The third-order valence-electron chi connectivity index (χ3n) is 4.29. The van der Waals surface area contributed by atoms with Crippen LogP contribution in [-0.2, 0) is 12.8 Å². The zero-order valence-electron chi connectivity index (χ0n) is 12.5. The first-order valence-electron chi connectivity index (χ1n) is 7.45. The van der Waals surface area contributed by atoms with Gasteiger partial charge in [0.15, 0.2) is 0 Å². The molecule has 2 N–H and O–H groups in total. The van der Waals surface area contributed by atoms with E-state index in [0.29, 0.717) is 0 Å². The van der Waals surface area contributed by atoms with E-state index in [1.165, 1.54) is 34.7 Å². The van der Waals surface area contributed by atoms with E-state index in [4.69, 9.17) is 10.7 Å². The van der Waals surface area contributed by atoms with E-state index < -0.39 is 0 Å². The summed E-state index contributed by atoms with van der Waals surface area (Å²) < 4.78 is 2.41. The summed E-state index contributed by atoms with van der Waals surface area (Å²) in [5, 5.41) is 2.17. The molecule has 20 heavy (non-hydrogen) atoms. The minimum Gasteiger partial charge on any atom is -0.326 e. The molecule has 0 saturated carbocycles. The van der Waals surface area contributed by atoms with Gasteiger partial charge < -0.3 is 10.3 Å². The third kappa shape index (κ3) is 2.21. The second-order valence-electron chi connectivity index (χ2n) is 5.90. The number of imidazole rings is 1. The first kappa shape index (κ1) is 13.8. The third-order valence-corrected chi connectivity index (χ3v) is 5.38. The number of aromatic nitrogens is 2. The summed E-state index contributed by atoms with van der Waals surface area (Å²) >= 11 is 1.81. The molecule has 0 aliphatic heterocycles. The van der Waals surface area contributed by atoms with Gasteiger partial charge in [0.05, 0.1) is 11.7 Å². The van der Waals surface area contributed by atoms with Crippen molar-refractivity contribution in [2.24, 2.45) is 5.73 Å². The maximum atomic E-state index is 6.35. The number of fused-ring (bicyclic) bond motifs is 1. The number of rotatable bonds is 3. The molecule has 4 heteroatoms. The van der Waals surface area contributed by atoms with Crippen LogP contribution in [0.1, 0.15) is 53.5 Å². The molecule has 1 aliphatic rings. The lowest BCUT2D eigenvalue weighted by Crippen LogP contribution is -2.32. The summed E-state index contributed by atoms with van der Waals surface area (Å²) in [6.07, 6.45) is 4.81. The van der Waals surface area contributed by atoms with Gasteiger partial charge in [-0.1, -0.05) is 0 Å². The van der Waals surface area contributed by atoms with Crippen LogP contribution in [-0.4, -0.2) is 15.6 Å². The van der Waals surface area contributed by atoms with Gasteiger partial charge in [-0.25, -0.2) is 4.98 Å². The van der Waals surface area contributed by atoms with Crippen molar-refractivity contribution in [2.45, 2.75) is 58.5 Å². The van der Waals surface area contributed by atoms with Crippen molar-refractivity contribution in [3.05, 3.63) is 39.1 Å². The van der Waals surface area contributed by atoms with Crippen LogP contribution in [0.25, 0.3) is 0 Å². The number of aryl methyl sites for hydroxylation is 3. The van der Waals surface area contributed by atoms with E-state index in [-0.39, 0.29) is 12.1 Å². The van der Waals surface area contributed by atoms with Crippen molar-refractivity contribution in [3.8, 4) is 0 Å². The predicted octanol–water partition coefficient (Wildman–Crippen LogP) is 3.38. The van der Waals surface area contributed by atoms with Crippen molar-refractivity contribution in [1.82, 2.24) is 9.55 Å². The summed E-state index contributed by atoms with van der Waals surface area (Å²) in [5.74, 6) is 1.12. The Hall–Kier alpha value is -1.13. The molecule has 0 amide bonds. The van der Waals surface area contributed by atoms with Crippen molar-refractivity contribution < 1.29 is 0 Å². The number of nitrogens with zero attached hydrogens (tertiary/aromatic N) is 2. The van der Waals surface area contributed by atoms with Gasteiger partial charge >= 0.3 is 0 Å². The second-order valence-corrected chi connectivity index (χ2v) is 6.85. The quantitative estimate of drug-likeness (QED) is 0.941. The van der Waals surface area contributed by atoms with Gasteiger partial charge in [-0.15, -0.1) is 11.3 Å². The summed E-state index contributed by atoms with van der Waals surface area (Å²) in [5.41, 5.74) is 10.4. The second kappa shape index (κ2) is 5.34. The van der Waals surface area contributed by atoms with Crippen LogP contribution >= 0.6 is 11.3 Å². The van der Waals surface area contributed by atoms with Gasteiger partial charge in [-0.05, 0) is 63.5 Å². The average Bonchev–Trinajstić information content (AvgIpc) is 2.95. The molecule has 108 valence electrons. The van der Waals surface area contributed by atoms with E-state index in [1.54, 1.807) is 0 Å². The maximum absolute atomic E-state index is 6.35. The molecule has 2 heterocycles. The fourth-order valence-electron chi connectivity index (χ4n) is 3.35. The Balaban J connectivity index is 2.13. The fourth-order valence-corrected chi connectivity index (χ4v) is 4.48. The first-order valence-corrected chi connectivity index (χ1v) is 8.33. The van der Waals surface area contributed by atoms with Crippen molar-refractivity contribution in [1.29, 1.82) is 0 Å². The molecular weight excluding hydrogens is 266 g/mol. The highest BCUT2D eigenvalue weighted by Gasteiger charge is 2.28. The first-order chi connectivity index (χ1) is 9.59. The van der Waals surface area contributed by atoms with E-state index in [0.717, 1.165) is 18.7 Å². The van der Waals surface area contributed by atoms with Crippen LogP contribution in [0.2, 0.25) is 0 Å². The number of thiophene rings is 1. The normalized spacial score (nSPS) is 17.8. The molecule has 3 rings (SSSR count). The topological polar surface area (TPSA) is 43.8 Å². The van der Waals surface area contributed by atoms with Gasteiger partial charge in [0, 0.05) is 16.6 Å².